The van der Waals surface area contributed by atoms with Crippen LogP contribution in [0.1, 0.15) is 30.0 Å². The van der Waals surface area contributed by atoms with Gasteiger partial charge in [0.25, 0.3) is 0 Å². The number of pyridine rings is 1. The lowest BCUT2D eigenvalue weighted by Crippen LogP contribution is -2.06. The van der Waals surface area contributed by atoms with Gasteiger partial charge < -0.3 is 10.5 Å². The summed E-state index contributed by atoms with van der Waals surface area (Å²) in [6, 6.07) is 15.1. The van der Waals surface area contributed by atoms with Crippen LogP contribution < -0.4 is 10.5 Å². The summed E-state index contributed by atoms with van der Waals surface area (Å²) in [4.78, 5) is 16.4. The van der Waals surface area contributed by atoms with Crippen molar-refractivity contribution in [1.82, 2.24) is 4.98 Å². The minimum absolute atomic E-state index is 0.0687. The number of ether oxygens (including phenoxy) is 1. The van der Waals surface area contributed by atoms with Crippen LogP contribution in [0.25, 0.3) is 6.08 Å². The first-order valence-electron chi connectivity index (χ1n) is 9.49. The second-order valence-electron chi connectivity index (χ2n) is 6.68. The highest BCUT2D eigenvalue weighted by molar-refractivity contribution is 5.83. The predicted octanol–water partition coefficient (Wildman–Crippen LogP) is 5.37. The first-order valence-corrected chi connectivity index (χ1v) is 9.49. The third kappa shape index (κ3) is 5.75. The Morgan fingerprint density at radius 3 is 2.28 bits per heavy atom. The van der Waals surface area contributed by atoms with E-state index < -0.39 is 0 Å². The van der Waals surface area contributed by atoms with Crippen LogP contribution in [0, 0.1) is 5.82 Å². The van der Waals surface area contributed by atoms with E-state index >= 15 is 0 Å². The largest absolute Gasteiger partial charge is 0.457 e. The molecular formula is C24H23FN2O2. The molecule has 0 saturated carbocycles. The number of carbonyl (C=O) groups excluding carboxylic acids is 1. The highest BCUT2D eigenvalue weighted by Gasteiger charge is 2.09. The van der Waals surface area contributed by atoms with Crippen LogP contribution >= 0.6 is 0 Å². The lowest BCUT2D eigenvalue weighted by Gasteiger charge is -2.11. The molecule has 0 saturated heterocycles. The predicted molar refractivity (Wildman–Crippen MR) is 113 cm³/mol. The summed E-state index contributed by atoms with van der Waals surface area (Å²) in [6.45, 7) is 2.04. The lowest BCUT2D eigenvalue weighted by molar-refractivity contribution is -0.117. The fraction of sp³-hybridized carbons (Fsp3) is 0.167. The van der Waals surface area contributed by atoms with Gasteiger partial charge in [-0.15, -0.1) is 0 Å². The third-order valence-electron chi connectivity index (χ3n) is 4.37. The van der Waals surface area contributed by atoms with E-state index in [2.05, 4.69) is 4.98 Å². The highest BCUT2D eigenvalue weighted by Crippen LogP contribution is 2.29. The molecule has 29 heavy (non-hydrogen) atoms. The van der Waals surface area contributed by atoms with Gasteiger partial charge in [0.05, 0.1) is 5.56 Å². The van der Waals surface area contributed by atoms with E-state index in [-0.39, 0.29) is 18.0 Å². The number of carbonyl (C=O) groups is 1. The molecule has 0 bridgehead atoms. The number of ketones is 1. The molecule has 1 heterocycles. The van der Waals surface area contributed by atoms with E-state index in [1.165, 1.54) is 12.1 Å². The molecule has 3 rings (SSSR count). The molecule has 148 valence electrons. The number of nitrogens with two attached hydrogens (primary N) is 1. The van der Waals surface area contributed by atoms with E-state index in [1.807, 2.05) is 43.3 Å². The first kappa shape index (κ1) is 20.3. The van der Waals surface area contributed by atoms with Crippen molar-refractivity contribution in [2.45, 2.75) is 26.2 Å². The first-order chi connectivity index (χ1) is 14.0. The quantitative estimate of drug-likeness (QED) is 0.561. The second-order valence-corrected chi connectivity index (χ2v) is 6.68. The summed E-state index contributed by atoms with van der Waals surface area (Å²) in [5, 5.41) is 0. The number of hydrogen-bond donors (Lipinski definition) is 1. The van der Waals surface area contributed by atoms with Crippen molar-refractivity contribution >= 4 is 17.7 Å². The molecule has 0 unspecified atom stereocenters. The van der Waals surface area contributed by atoms with Gasteiger partial charge in [-0.25, -0.2) is 9.37 Å². The van der Waals surface area contributed by atoms with E-state index in [9.17, 15) is 9.18 Å². The SMILES string of the molecule is CC/C=C/c1c(Oc2ccc(CC(=O)Cc3ccc(F)cc3)cc2)ccnc1N. The Morgan fingerprint density at radius 2 is 1.66 bits per heavy atom. The van der Waals surface area contributed by atoms with Crippen molar-refractivity contribution < 1.29 is 13.9 Å². The summed E-state index contributed by atoms with van der Waals surface area (Å²) in [5.74, 6) is 1.45. The van der Waals surface area contributed by atoms with Gasteiger partial charge in [-0.3, -0.25) is 4.79 Å². The van der Waals surface area contributed by atoms with Gasteiger partial charge in [0.15, 0.2) is 0 Å². The number of allylic oxidation sites excluding steroid dienone is 1. The minimum atomic E-state index is -0.305. The molecule has 0 amide bonds. The zero-order valence-electron chi connectivity index (χ0n) is 16.3. The van der Waals surface area contributed by atoms with E-state index in [0.29, 0.717) is 23.7 Å². The molecule has 0 atom stereocenters. The molecule has 0 aliphatic heterocycles. The maximum atomic E-state index is 13.0. The van der Waals surface area contributed by atoms with Gasteiger partial charge in [0.2, 0.25) is 0 Å². The minimum Gasteiger partial charge on any atom is -0.457 e. The Labute approximate surface area is 169 Å². The van der Waals surface area contributed by atoms with Crippen molar-refractivity contribution in [3.63, 3.8) is 0 Å². The monoisotopic (exact) mass is 390 g/mol. The summed E-state index contributed by atoms with van der Waals surface area (Å²) in [6.07, 6.45) is 6.98. The average Bonchev–Trinajstić information content (AvgIpc) is 2.71. The molecule has 4 nitrogen and oxygen atoms in total. The number of anilines is 1. The van der Waals surface area contributed by atoms with Crippen molar-refractivity contribution in [3.05, 3.63) is 89.4 Å². The Kier molecular flexibility index (Phi) is 6.74. The molecule has 0 spiro atoms. The Morgan fingerprint density at radius 1 is 1.03 bits per heavy atom. The lowest BCUT2D eigenvalue weighted by atomic mass is 10.0. The fourth-order valence-corrected chi connectivity index (χ4v) is 2.89. The van der Waals surface area contributed by atoms with E-state index in [1.54, 1.807) is 24.4 Å². The molecular weight excluding hydrogens is 367 g/mol. The molecule has 0 fully saturated rings. The molecule has 0 aliphatic rings. The van der Waals surface area contributed by atoms with E-state index in [0.717, 1.165) is 23.1 Å². The summed E-state index contributed by atoms with van der Waals surface area (Å²) < 4.78 is 18.9. The Balaban J connectivity index is 1.65. The molecule has 5 heteroatoms. The van der Waals surface area contributed by atoms with Crippen LogP contribution in [0.15, 0.2) is 66.9 Å². The maximum absolute atomic E-state index is 13.0. The Hall–Kier alpha value is -3.47. The molecule has 2 N–H and O–H groups in total. The zero-order chi connectivity index (χ0) is 20.6. The van der Waals surface area contributed by atoms with Gasteiger partial charge in [0.1, 0.15) is 28.9 Å². The number of hydrogen-bond acceptors (Lipinski definition) is 4. The normalized spacial score (nSPS) is 11.0. The smallest absolute Gasteiger partial charge is 0.141 e. The average molecular weight is 390 g/mol. The van der Waals surface area contributed by atoms with Gasteiger partial charge in [-0.2, -0.15) is 0 Å². The number of benzene rings is 2. The number of nitrogen functional groups attached to an aromatic ring is 1. The second kappa shape index (κ2) is 9.64. The molecule has 0 aliphatic carbocycles. The molecule has 2 aromatic carbocycles. The summed E-state index contributed by atoms with van der Waals surface area (Å²) in [7, 11) is 0. The maximum Gasteiger partial charge on any atom is 0.141 e. The molecule has 3 aromatic rings. The van der Waals surface area contributed by atoms with Crippen molar-refractivity contribution in [3.8, 4) is 11.5 Å². The van der Waals surface area contributed by atoms with Crippen molar-refractivity contribution in [2.24, 2.45) is 0 Å². The van der Waals surface area contributed by atoms with Gasteiger partial charge in [-0.1, -0.05) is 43.3 Å². The van der Waals surface area contributed by atoms with Gasteiger partial charge >= 0.3 is 0 Å². The standard InChI is InChI=1S/C24H23FN2O2/c1-2-3-4-22-23(13-14-27-24(22)26)29-21-11-7-18(8-12-21)16-20(28)15-17-5-9-19(25)10-6-17/h3-14H,2,15-16H2,1H3,(H2,26,27)/b4-3+. The van der Waals surface area contributed by atoms with Crippen molar-refractivity contribution in [2.75, 3.05) is 5.73 Å². The van der Waals surface area contributed by atoms with Crippen LogP contribution in [0.3, 0.4) is 0 Å². The number of nitrogens with zero attached hydrogens (tertiary/aromatic N) is 1. The zero-order valence-corrected chi connectivity index (χ0v) is 16.3. The number of halogens is 1. The van der Waals surface area contributed by atoms with Crippen LogP contribution in [0.5, 0.6) is 11.5 Å². The van der Waals surface area contributed by atoms with Gasteiger partial charge in [-0.05, 0) is 47.9 Å². The van der Waals surface area contributed by atoms with E-state index in [4.69, 9.17) is 10.5 Å². The fourth-order valence-electron chi connectivity index (χ4n) is 2.89. The summed E-state index contributed by atoms with van der Waals surface area (Å²) in [5.41, 5.74) is 8.41. The van der Waals surface area contributed by atoms with Crippen LogP contribution in [0.4, 0.5) is 10.2 Å². The number of rotatable bonds is 8. The molecule has 1 aromatic heterocycles. The van der Waals surface area contributed by atoms with Crippen LogP contribution in [0.2, 0.25) is 0 Å². The third-order valence-corrected chi connectivity index (χ3v) is 4.37. The van der Waals surface area contributed by atoms with Gasteiger partial charge in [0, 0.05) is 19.0 Å². The van der Waals surface area contributed by atoms with Crippen LogP contribution in [-0.2, 0) is 17.6 Å². The summed E-state index contributed by atoms with van der Waals surface area (Å²) >= 11 is 0. The van der Waals surface area contributed by atoms with Crippen LogP contribution in [-0.4, -0.2) is 10.8 Å². The number of Topliss-reactive ketones (excluding diaryl/α,β-unsaturated/α-hetero) is 1. The van der Waals surface area contributed by atoms with Crippen molar-refractivity contribution in [1.29, 1.82) is 0 Å². The topological polar surface area (TPSA) is 65.2 Å². The molecule has 0 radical (unpaired) electrons. The Bertz CT molecular complexity index is 996. The number of aromatic nitrogens is 1. The highest BCUT2D eigenvalue weighted by atomic mass is 19.1.